The molecule has 3 rings (SSSR count). The largest absolute Gasteiger partial charge is 0.497 e. The molecule has 2 atom stereocenters. The number of hydrogen-bond acceptors (Lipinski definition) is 4. The number of methoxy groups -OCH3 is 1. The lowest BCUT2D eigenvalue weighted by molar-refractivity contribution is -0.126. The summed E-state index contributed by atoms with van der Waals surface area (Å²) in [7, 11) is -2.11. The highest BCUT2D eigenvalue weighted by molar-refractivity contribution is 7.89. The molecule has 1 aliphatic heterocycles. The van der Waals surface area contributed by atoms with Crippen molar-refractivity contribution in [3.05, 3.63) is 59.2 Å². The minimum atomic E-state index is -3.65. The van der Waals surface area contributed by atoms with Gasteiger partial charge >= 0.3 is 0 Å². The van der Waals surface area contributed by atoms with E-state index in [1.54, 1.807) is 24.3 Å². The van der Waals surface area contributed by atoms with Gasteiger partial charge in [-0.25, -0.2) is 8.42 Å². The standard InChI is InChI=1S/C23H30N2O4S/c1-16-7-8-17(2)22(14-16)18(3)24-23(26)19-6-5-13-25(15-19)30(27,28)21-11-9-20(29-4)10-12-21/h7-12,14,18-19H,5-6,13,15H2,1-4H3,(H,24,26)/t18-,19+/m0/s1. The fourth-order valence-electron chi connectivity index (χ4n) is 3.91. The van der Waals surface area contributed by atoms with Gasteiger partial charge in [-0.15, -0.1) is 0 Å². The number of benzene rings is 2. The van der Waals surface area contributed by atoms with E-state index in [-0.39, 0.29) is 29.3 Å². The number of hydrogen-bond donors (Lipinski definition) is 1. The van der Waals surface area contributed by atoms with Crippen LogP contribution in [0.2, 0.25) is 0 Å². The van der Waals surface area contributed by atoms with Gasteiger partial charge in [-0.3, -0.25) is 4.79 Å². The van der Waals surface area contributed by atoms with Gasteiger partial charge in [0.2, 0.25) is 15.9 Å². The molecule has 1 heterocycles. The van der Waals surface area contributed by atoms with Crippen LogP contribution in [0.25, 0.3) is 0 Å². The molecule has 1 saturated heterocycles. The van der Waals surface area contributed by atoms with E-state index >= 15 is 0 Å². The van der Waals surface area contributed by atoms with E-state index in [1.165, 1.54) is 11.4 Å². The topological polar surface area (TPSA) is 75.7 Å². The van der Waals surface area contributed by atoms with Gasteiger partial charge in [-0.2, -0.15) is 4.31 Å². The molecule has 0 bridgehead atoms. The highest BCUT2D eigenvalue weighted by Crippen LogP contribution is 2.26. The smallest absolute Gasteiger partial charge is 0.243 e. The average molecular weight is 431 g/mol. The average Bonchev–Trinajstić information content (AvgIpc) is 2.75. The molecule has 1 fully saturated rings. The van der Waals surface area contributed by atoms with Crippen LogP contribution in [0.15, 0.2) is 47.4 Å². The van der Waals surface area contributed by atoms with E-state index in [0.717, 1.165) is 16.7 Å². The Morgan fingerprint density at radius 1 is 1.17 bits per heavy atom. The fourth-order valence-corrected chi connectivity index (χ4v) is 5.43. The summed E-state index contributed by atoms with van der Waals surface area (Å²) in [5, 5.41) is 3.08. The van der Waals surface area contributed by atoms with Crippen molar-refractivity contribution in [2.75, 3.05) is 20.2 Å². The van der Waals surface area contributed by atoms with Crippen LogP contribution in [0, 0.1) is 19.8 Å². The number of rotatable bonds is 6. The van der Waals surface area contributed by atoms with Crippen molar-refractivity contribution in [1.29, 1.82) is 0 Å². The second-order valence-corrected chi connectivity index (χ2v) is 9.91. The monoisotopic (exact) mass is 430 g/mol. The molecule has 0 spiro atoms. The van der Waals surface area contributed by atoms with Gasteiger partial charge in [0, 0.05) is 13.1 Å². The van der Waals surface area contributed by atoms with Crippen LogP contribution in [0.1, 0.15) is 42.5 Å². The van der Waals surface area contributed by atoms with Crippen LogP contribution in [-0.2, 0) is 14.8 Å². The molecule has 1 N–H and O–H groups in total. The Kier molecular flexibility index (Phi) is 6.83. The minimum Gasteiger partial charge on any atom is -0.497 e. The lowest BCUT2D eigenvalue weighted by Crippen LogP contribution is -2.45. The number of piperidine rings is 1. The summed E-state index contributed by atoms with van der Waals surface area (Å²) in [4.78, 5) is 13.1. The maximum atomic E-state index is 13.0. The molecule has 0 aliphatic carbocycles. The molecule has 2 aromatic carbocycles. The van der Waals surface area contributed by atoms with Gasteiger partial charge in [0.15, 0.2) is 0 Å². The van der Waals surface area contributed by atoms with Gasteiger partial charge < -0.3 is 10.1 Å². The molecule has 6 nitrogen and oxygen atoms in total. The first-order chi connectivity index (χ1) is 14.2. The molecule has 1 amide bonds. The van der Waals surface area contributed by atoms with Gasteiger partial charge in [-0.1, -0.05) is 23.8 Å². The fraction of sp³-hybridized carbons (Fsp3) is 0.435. The SMILES string of the molecule is COc1ccc(S(=O)(=O)N2CCC[C@@H](C(=O)N[C@@H](C)c3cc(C)ccc3C)C2)cc1. The van der Waals surface area contributed by atoms with Crippen LogP contribution < -0.4 is 10.1 Å². The molecule has 0 saturated carbocycles. The predicted octanol–water partition coefficient (Wildman–Crippen LogP) is 3.59. The van der Waals surface area contributed by atoms with E-state index in [4.69, 9.17) is 4.74 Å². The lowest BCUT2D eigenvalue weighted by atomic mass is 9.96. The number of carbonyl (C=O) groups excluding carboxylic acids is 1. The number of aryl methyl sites for hydroxylation is 2. The molecule has 2 aromatic rings. The molecule has 7 heteroatoms. The molecule has 30 heavy (non-hydrogen) atoms. The van der Waals surface area contributed by atoms with Crippen LogP contribution in [-0.4, -0.2) is 38.8 Å². The van der Waals surface area contributed by atoms with Gasteiger partial charge in [0.1, 0.15) is 5.75 Å². The number of ether oxygens (including phenoxy) is 1. The summed E-state index contributed by atoms with van der Waals surface area (Å²) in [6.45, 7) is 6.64. The van der Waals surface area contributed by atoms with E-state index < -0.39 is 10.0 Å². The molecule has 1 aliphatic rings. The Morgan fingerprint density at radius 3 is 2.53 bits per heavy atom. The summed E-state index contributed by atoms with van der Waals surface area (Å²) >= 11 is 0. The van der Waals surface area contributed by atoms with Crippen molar-refractivity contribution in [2.45, 2.75) is 44.6 Å². The summed E-state index contributed by atoms with van der Waals surface area (Å²) < 4.78 is 32.6. The van der Waals surface area contributed by atoms with Crippen molar-refractivity contribution in [3.8, 4) is 5.75 Å². The van der Waals surface area contributed by atoms with Crippen LogP contribution >= 0.6 is 0 Å². The molecule has 0 radical (unpaired) electrons. The van der Waals surface area contributed by atoms with Crippen molar-refractivity contribution < 1.29 is 17.9 Å². The first-order valence-electron chi connectivity index (χ1n) is 10.2. The number of carbonyl (C=O) groups is 1. The van der Waals surface area contributed by atoms with E-state index in [0.29, 0.717) is 25.1 Å². The quantitative estimate of drug-likeness (QED) is 0.760. The third-order valence-corrected chi connectivity index (χ3v) is 7.59. The highest BCUT2D eigenvalue weighted by Gasteiger charge is 2.33. The van der Waals surface area contributed by atoms with Crippen molar-refractivity contribution in [1.82, 2.24) is 9.62 Å². The normalized spacial score (nSPS) is 18.6. The Bertz CT molecular complexity index is 1000. The maximum Gasteiger partial charge on any atom is 0.243 e. The zero-order valence-electron chi connectivity index (χ0n) is 18.0. The number of amides is 1. The number of nitrogens with zero attached hydrogens (tertiary/aromatic N) is 1. The van der Waals surface area contributed by atoms with Crippen molar-refractivity contribution in [3.63, 3.8) is 0 Å². The number of nitrogens with one attached hydrogen (secondary N) is 1. The van der Waals surface area contributed by atoms with E-state index in [1.807, 2.05) is 20.8 Å². The third kappa shape index (κ3) is 4.84. The second kappa shape index (κ2) is 9.18. The van der Waals surface area contributed by atoms with Gasteiger partial charge in [-0.05, 0) is 69.0 Å². The van der Waals surface area contributed by atoms with E-state index in [2.05, 4.69) is 23.5 Å². The Labute approximate surface area is 179 Å². The molecule has 0 unspecified atom stereocenters. The van der Waals surface area contributed by atoms with Crippen LogP contribution in [0.3, 0.4) is 0 Å². The van der Waals surface area contributed by atoms with Gasteiger partial charge in [0.25, 0.3) is 0 Å². The van der Waals surface area contributed by atoms with E-state index in [9.17, 15) is 13.2 Å². The molecule has 0 aromatic heterocycles. The molecule has 162 valence electrons. The summed E-state index contributed by atoms with van der Waals surface area (Å²) in [6, 6.07) is 12.4. The summed E-state index contributed by atoms with van der Waals surface area (Å²) in [5.74, 6) is 0.141. The first kappa shape index (κ1) is 22.3. The van der Waals surface area contributed by atoms with Gasteiger partial charge in [0.05, 0.1) is 24.0 Å². The maximum absolute atomic E-state index is 13.0. The predicted molar refractivity (Wildman–Crippen MR) is 117 cm³/mol. The van der Waals surface area contributed by atoms with Crippen LogP contribution in [0.4, 0.5) is 0 Å². The zero-order chi connectivity index (χ0) is 21.9. The third-order valence-electron chi connectivity index (χ3n) is 5.71. The lowest BCUT2D eigenvalue weighted by Gasteiger charge is -2.32. The minimum absolute atomic E-state index is 0.0990. The summed E-state index contributed by atoms with van der Waals surface area (Å²) in [6.07, 6.45) is 1.34. The summed E-state index contributed by atoms with van der Waals surface area (Å²) in [5.41, 5.74) is 3.36. The van der Waals surface area contributed by atoms with Crippen LogP contribution in [0.5, 0.6) is 5.75 Å². The zero-order valence-corrected chi connectivity index (χ0v) is 18.8. The highest BCUT2D eigenvalue weighted by atomic mass is 32.2. The Morgan fingerprint density at radius 2 is 1.87 bits per heavy atom. The van der Waals surface area contributed by atoms with Crippen molar-refractivity contribution >= 4 is 15.9 Å². The Balaban J connectivity index is 1.70. The Hall–Kier alpha value is -2.38. The van der Waals surface area contributed by atoms with Crippen molar-refractivity contribution in [2.24, 2.45) is 5.92 Å². The number of sulfonamides is 1. The first-order valence-corrected chi connectivity index (χ1v) is 11.7. The molecular formula is C23H30N2O4S. The molecular weight excluding hydrogens is 400 g/mol. The second-order valence-electron chi connectivity index (χ2n) is 7.97.